The maximum atomic E-state index is 9.39. The van der Waals surface area contributed by atoms with Crippen molar-refractivity contribution >= 4 is 5.57 Å². The van der Waals surface area contributed by atoms with E-state index in [-0.39, 0.29) is 0 Å². The van der Waals surface area contributed by atoms with Gasteiger partial charge in [-0.25, -0.2) is 0 Å². The van der Waals surface area contributed by atoms with E-state index in [1.54, 1.807) is 12.1 Å². The van der Waals surface area contributed by atoms with Crippen molar-refractivity contribution < 1.29 is 5.11 Å². The summed E-state index contributed by atoms with van der Waals surface area (Å²) in [7, 11) is 4.11. The van der Waals surface area contributed by atoms with Crippen LogP contribution in [0.5, 0.6) is 5.75 Å². The van der Waals surface area contributed by atoms with Gasteiger partial charge in [0, 0.05) is 6.54 Å². The van der Waals surface area contributed by atoms with Crippen molar-refractivity contribution in [2.75, 3.05) is 20.6 Å². The normalized spacial score (nSPS) is 12.9. The molecule has 0 aliphatic carbocycles. The Labute approximate surface area is 91.9 Å². The second kappa shape index (κ2) is 4.99. The lowest BCUT2D eigenvalue weighted by Crippen LogP contribution is -2.14. The largest absolute Gasteiger partial charge is 0.508 e. The smallest absolute Gasteiger partial charge is 0.116 e. The molecule has 0 heterocycles. The van der Waals surface area contributed by atoms with E-state index < -0.39 is 0 Å². The summed E-state index contributed by atoms with van der Waals surface area (Å²) in [5, 5.41) is 9.39. The molecular formula is C13H19NO. The molecule has 0 aromatic heterocycles. The molecule has 0 spiro atoms. The van der Waals surface area contributed by atoms with Gasteiger partial charge in [0.25, 0.3) is 0 Å². The van der Waals surface area contributed by atoms with Crippen molar-refractivity contribution in [3.05, 3.63) is 35.4 Å². The fraction of sp³-hybridized carbons (Fsp3) is 0.385. The summed E-state index contributed by atoms with van der Waals surface area (Å²) in [5.41, 5.74) is 3.65. The maximum Gasteiger partial charge on any atom is 0.116 e. The molecule has 0 amide bonds. The Balaban J connectivity index is 2.96. The van der Waals surface area contributed by atoms with Gasteiger partial charge in [-0.15, -0.1) is 0 Å². The Kier molecular flexibility index (Phi) is 3.92. The molecule has 0 atom stereocenters. The van der Waals surface area contributed by atoms with Crippen molar-refractivity contribution in [2.45, 2.75) is 13.8 Å². The Morgan fingerprint density at radius 1 is 1.27 bits per heavy atom. The summed E-state index contributed by atoms with van der Waals surface area (Å²) in [6, 6.07) is 7.39. The van der Waals surface area contributed by atoms with Gasteiger partial charge in [-0.3, -0.25) is 0 Å². The van der Waals surface area contributed by atoms with E-state index in [1.807, 2.05) is 12.1 Å². The van der Waals surface area contributed by atoms with Crippen molar-refractivity contribution in [3.63, 3.8) is 0 Å². The first-order valence-corrected chi connectivity index (χ1v) is 5.11. The molecule has 1 aromatic rings. The predicted octanol–water partition coefficient (Wildman–Crippen LogP) is 2.75. The summed E-state index contributed by atoms with van der Waals surface area (Å²) in [5.74, 6) is 0.324. The number of likely N-dealkylation sites (N-methyl/N-ethyl adjacent to an activating group) is 1. The number of phenolic OH excluding ortho intramolecular Hbond substituents is 1. The third kappa shape index (κ3) is 3.40. The number of aromatic hydroxyl groups is 1. The van der Waals surface area contributed by atoms with Gasteiger partial charge in [0.15, 0.2) is 0 Å². The van der Waals surface area contributed by atoms with E-state index in [2.05, 4.69) is 32.8 Å². The van der Waals surface area contributed by atoms with Gasteiger partial charge < -0.3 is 10.0 Å². The van der Waals surface area contributed by atoms with Gasteiger partial charge in [0.05, 0.1) is 0 Å². The molecule has 0 aliphatic heterocycles. The molecular weight excluding hydrogens is 186 g/mol. The van der Waals surface area contributed by atoms with E-state index in [4.69, 9.17) is 0 Å². The van der Waals surface area contributed by atoms with Gasteiger partial charge in [0.2, 0.25) is 0 Å². The van der Waals surface area contributed by atoms with E-state index in [9.17, 15) is 5.11 Å². The quantitative estimate of drug-likeness (QED) is 0.820. The SMILES string of the molecule is C/C(CN(C)C)=C(\C)c1cccc(O)c1. The lowest BCUT2D eigenvalue weighted by Gasteiger charge is -2.13. The molecule has 0 aliphatic rings. The molecule has 82 valence electrons. The third-order valence-corrected chi connectivity index (χ3v) is 2.47. The molecule has 1 aromatic carbocycles. The van der Waals surface area contributed by atoms with Crippen molar-refractivity contribution in [3.8, 4) is 5.75 Å². The van der Waals surface area contributed by atoms with Gasteiger partial charge in [0.1, 0.15) is 5.75 Å². The first-order chi connectivity index (χ1) is 7.00. The number of allylic oxidation sites excluding steroid dienone is 1. The first kappa shape index (κ1) is 11.8. The average molecular weight is 205 g/mol. The molecule has 0 unspecified atom stereocenters. The van der Waals surface area contributed by atoms with E-state index in [0.29, 0.717) is 5.75 Å². The molecule has 0 radical (unpaired) electrons. The summed E-state index contributed by atoms with van der Waals surface area (Å²) in [4.78, 5) is 2.14. The number of hydrogen-bond acceptors (Lipinski definition) is 2. The molecule has 2 nitrogen and oxygen atoms in total. The van der Waals surface area contributed by atoms with Crippen LogP contribution < -0.4 is 0 Å². The molecule has 1 rings (SSSR count). The molecule has 0 fully saturated rings. The minimum Gasteiger partial charge on any atom is -0.508 e. The Morgan fingerprint density at radius 2 is 1.93 bits per heavy atom. The van der Waals surface area contributed by atoms with Crippen LogP contribution in [0.25, 0.3) is 5.57 Å². The zero-order valence-electron chi connectivity index (χ0n) is 9.91. The Morgan fingerprint density at radius 3 is 2.47 bits per heavy atom. The molecule has 1 N–H and O–H groups in total. The van der Waals surface area contributed by atoms with Gasteiger partial charge in [-0.05, 0) is 51.2 Å². The monoisotopic (exact) mass is 205 g/mol. The lowest BCUT2D eigenvalue weighted by atomic mass is 10.0. The predicted molar refractivity (Wildman–Crippen MR) is 64.9 cm³/mol. The van der Waals surface area contributed by atoms with Crippen LogP contribution in [-0.2, 0) is 0 Å². The standard InChI is InChI=1S/C13H19NO/c1-10(9-14(3)4)11(2)12-6-5-7-13(15)8-12/h5-8,15H,9H2,1-4H3/b11-10-. The van der Waals surface area contributed by atoms with Crippen molar-refractivity contribution in [2.24, 2.45) is 0 Å². The van der Waals surface area contributed by atoms with E-state index >= 15 is 0 Å². The first-order valence-electron chi connectivity index (χ1n) is 5.11. The summed E-state index contributed by atoms with van der Waals surface area (Å²) in [6.45, 7) is 5.16. The Bertz CT molecular complexity index is 367. The van der Waals surface area contributed by atoms with Crippen LogP contribution >= 0.6 is 0 Å². The average Bonchev–Trinajstić information content (AvgIpc) is 2.15. The number of rotatable bonds is 3. The lowest BCUT2D eigenvalue weighted by molar-refractivity contribution is 0.445. The topological polar surface area (TPSA) is 23.5 Å². The highest BCUT2D eigenvalue weighted by atomic mass is 16.3. The zero-order valence-corrected chi connectivity index (χ0v) is 9.91. The number of nitrogens with zero attached hydrogens (tertiary/aromatic N) is 1. The summed E-state index contributed by atoms with van der Waals surface area (Å²) in [6.07, 6.45) is 0. The molecule has 15 heavy (non-hydrogen) atoms. The van der Waals surface area contributed by atoms with Crippen LogP contribution in [0.3, 0.4) is 0 Å². The second-order valence-electron chi connectivity index (χ2n) is 4.19. The fourth-order valence-electron chi connectivity index (χ4n) is 1.58. The van der Waals surface area contributed by atoms with Crippen LogP contribution in [0, 0.1) is 0 Å². The van der Waals surface area contributed by atoms with Crippen molar-refractivity contribution in [1.82, 2.24) is 4.90 Å². The van der Waals surface area contributed by atoms with Crippen LogP contribution in [-0.4, -0.2) is 30.6 Å². The van der Waals surface area contributed by atoms with Crippen LogP contribution in [0.4, 0.5) is 0 Å². The molecule has 0 bridgehead atoms. The minimum absolute atomic E-state index is 0.324. The maximum absolute atomic E-state index is 9.39. The van der Waals surface area contributed by atoms with Crippen molar-refractivity contribution in [1.29, 1.82) is 0 Å². The molecule has 0 saturated carbocycles. The van der Waals surface area contributed by atoms with Gasteiger partial charge >= 0.3 is 0 Å². The van der Waals surface area contributed by atoms with Crippen LogP contribution in [0.15, 0.2) is 29.8 Å². The minimum atomic E-state index is 0.324. The highest BCUT2D eigenvalue weighted by Gasteiger charge is 2.02. The molecule has 0 saturated heterocycles. The Hall–Kier alpha value is -1.28. The van der Waals surface area contributed by atoms with E-state index in [1.165, 1.54) is 11.1 Å². The fourth-order valence-corrected chi connectivity index (χ4v) is 1.58. The highest BCUT2D eigenvalue weighted by Crippen LogP contribution is 2.21. The number of phenols is 1. The zero-order chi connectivity index (χ0) is 11.4. The van der Waals surface area contributed by atoms with E-state index in [0.717, 1.165) is 12.1 Å². The number of benzene rings is 1. The van der Waals surface area contributed by atoms with Gasteiger partial charge in [-0.2, -0.15) is 0 Å². The van der Waals surface area contributed by atoms with Crippen LogP contribution in [0.1, 0.15) is 19.4 Å². The second-order valence-corrected chi connectivity index (χ2v) is 4.19. The third-order valence-electron chi connectivity index (χ3n) is 2.47. The summed E-state index contributed by atoms with van der Waals surface area (Å²) < 4.78 is 0. The highest BCUT2D eigenvalue weighted by molar-refractivity contribution is 5.67. The van der Waals surface area contributed by atoms with Gasteiger partial charge in [-0.1, -0.05) is 17.7 Å². The van der Waals surface area contributed by atoms with Crippen LogP contribution in [0.2, 0.25) is 0 Å². The summed E-state index contributed by atoms with van der Waals surface area (Å²) >= 11 is 0. The molecule has 2 heteroatoms. The number of hydrogen-bond donors (Lipinski definition) is 1.